The maximum Gasteiger partial charge on any atom is 0.253 e. The van der Waals surface area contributed by atoms with Crippen LogP contribution in [0.4, 0.5) is 5.69 Å². The minimum absolute atomic E-state index is 0.0171. The molecule has 1 unspecified atom stereocenters. The van der Waals surface area contributed by atoms with Crippen molar-refractivity contribution in [2.45, 2.75) is 19.8 Å². The molecule has 1 aromatic heterocycles. The standard InChI is InChI=1S/C15H24N4O/c1-3-17-14-10-16-7-6-13(14)15(20)18-9-12-5-4-8-19(2)11-12/h6-7,10,12,17H,3-5,8-9,11H2,1-2H3,(H,18,20). The van der Waals surface area contributed by atoms with Gasteiger partial charge in [-0.25, -0.2) is 0 Å². The van der Waals surface area contributed by atoms with Gasteiger partial charge in [0.1, 0.15) is 0 Å². The van der Waals surface area contributed by atoms with Crippen LogP contribution in [0.25, 0.3) is 0 Å². The van der Waals surface area contributed by atoms with Crippen molar-refractivity contribution in [1.82, 2.24) is 15.2 Å². The van der Waals surface area contributed by atoms with Crippen molar-refractivity contribution in [3.05, 3.63) is 24.0 Å². The van der Waals surface area contributed by atoms with Crippen molar-refractivity contribution in [2.24, 2.45) is 5.92 Å². The van der Waals surface area contributed by atoms with Gasteiger partial charge in [-0.1, -0.05) is 0 Å². The van der Waals surface area contributed by atoms with Gasteiger partial charge in [-0.2, -0.15) is 0 Å². The summed E-state index contributed by atoms with van der Waals surface area (Å²) in [6.45, 7) is 5.76. The van der Waals surface area contributed by atoms with Gasteiger partial charge in [0.25, 0.3) is 5.91 Å². The van der Waals surface area contributed by atoms with Crippen LogP contribution in [0, 0.1) is 5.92 Å². The molecule has 2 N–H and O–H groups in total. The molecule has 5 nitrogen and oxygen atoms in total. The Morgan fingerprint density at radius 3 is 3.15 bits per heavy atom. The van der Waals surface area contributed by atoms with Crippen LogP contribution >= 0.6 is 0 Å². The lowest BCUT2D eigenvalue weighted by atomic mass is 9.98. The lowest BCUT2D eigenvalue weighted by Gasteiger charge is -2.29. The maximum absolute atomic E-state index is 12.3. The first kappa shape index (κ1) is 14.8. The first-order valence-electron chi connectivity index (χ1n) is 7.35. The van der Waals surface area contributed by atoms with Crippen LogP contribution in [0.15, 0.2) is 18.5 Å². The Kier molecular flexibility index (Phi) is 5.35. The van der Waals surface area contributed by atoms with Gasteiger partial charge in [0, 0.05) is 25.8 Å². The fourth-order valence-corrected chi connectivity index (χ4v) is 2.70. The van der Waals surface area contributed by atoms with Gasteiger partial charge in [0.05, 0.1) is 17.4 Å². The van der Waals surface area contributed by atoms with E-state index in [1.807, 2.05) is 6.92 Å². The van der Waals surface area contributed by atoms with E-state index in [0.717, 1.165) is 25.3 Å². The summed E-state index contributed by atoms with van der Waals surface area (Å²) in [5.74, 6) is 0.540. The Morgan fingerprint density at radius 1 is 1.55 bits per heavy atom. The van der Waals surface area contributed by atoms with Gasteiger partial charge in [-0.3, -0.25) is 9.78 Å². The molecule has 0 aromatic carbocycles. The van der Waals surface area contributed by atoms with Crippen LogP contribution in [-0.4, -0.2) is 49.0 Å². The van der Waals surface area contributed by atoms with Gasteiger partial charge in [0.2, 0.25) is 0 Å². The molecule has 2 rings (SSSR count). The second-order valence-corrected chi connectivity index (χ2v) is 5.43. The molecule has 1 aromatic rings. The van der Waals surface area contributed by atoms with E-state index in [4.69, 9.17) is 0 Å². The fraction of sp³-hybridized carbons (Fsp3) is 0.600. The zero-order chi connectivity index (χ0) is 14.4. The predicted octanol–water partition coefficient (Wildman–Crippen LogP) is 1.58. The number of pyridine rings is 1. The molecule has 20 heavy (non-hydrogen) atoms. The monoisotopic (exact) mass is 276 g/mol. The zero-order valence-corrected chi connectivity index (χ0v) is 12.4. The van der Waals surface area contributed by atoms with Crippen LogP contribution < -0.4 is 10.6 Å². The summed E-state index contributed by atoms with van der Waals surface area (Å²) in [6.07, 6.45) is 5.77. The number of piperidine rings is 1. The molecule has 1 fully saturated rings. The topological polar surface area (TPSA) is 57.3 Å². The quantitative estimate of drug-likeness (QED) is 0.857. The first-order valence-corrected chi connectivity index (χ1v) is 7.35. The molecule has 1 aliphatic heterocycles. The molecule has 2 heterocycles. The molecule has 0 spiro atoms. The van der Waals surface area contributed by atoms with E-state index in [1.54, 1.807) is 18.5 Å². The average molecular weight is 276 g/mol. The smallest absolute Gasteiger partial charge is 0.253 e. The second-order valence-electron chi connectivity index (χ2n) is 5.43. The Morgan fingerprint density at radius 2 is 2.40 bits per heavy atom. The van der Waals surface area contributed by atoms with E-state index < -0.39 is 0 Å². The molecular formula is C15H24N4O. The number of rotatable bonds is 5. The molecule has 0 bridgehead atoms. The van der Waals surface area contributed by atoms with E-state index in [2.05, 4.69) is 27.6 Å². The number of aromatic nitrogens is 1. The fourth-order valence-electron chi connectivity index (χ4n) is 2.70. The number of carbonyl (C=O) groups is 1. The lowest BCUT2D eigenvalue weighted by molar-refractivity contribution is 0.0937. The van der Waals surface area contributed by atoms with Crippen LogP contribution in [0.2, 0.25) is 0 Å². The largest absolute Gasteiger partial charge is 0.383 e. The van der Waals surface area contributed by atoms with E-state index >= 15 is 0 Å². The molecule has 5 heteroatoms. The number of nitrogens with zero attached hydrogens (tertiary/aromatic N) is 2. The Bertz CT molecular complexity index is 449. The number of amides is 1. The predicted molar refractivity (Wildman–Crippen MR) is 81.0 cm³/mol. The highest BCUT2D eigenvalue weighted by Gasteiger charge is 2.18. The van der Waals surface area contributed by atoms with E-state index in [-0.39, 0.29) is 5.91 Å². The molecule has 1 aliphatic rings. The highest BCUT2D eigenvalue weighted by Crippen LogP contribution is 2.16. The van der Waals surface area contributed by atoms with Crippen LogP contribution in [-0.2, 0) is 0 Å². The van der Waals surface area contributed by atoms with E-state index in [1.165, 1.54) is 19.4 Å². The van der Waals surface area contributed by atoms with Crippen LogP contribution in [0.1, 0.15) is 30.1 Å². The Labute approximate surface area is 120 Å². The molecule has 110 valence electrons. The highest BCUT2D eigenvalue weighted by molar-refractivity contribution is 5.99. The number of carbonyl (C=O) groups excluding carboxylic acids is 1. The van der Waals surface area contributed by atoms with Gasteiger partial charge in [-0.05, 0) is 45.3 Å². The van der Waals surface area contributed by atoms with Crippen LogP contribution in [0.3, 0.4) is 0 Å². The number of likely N-dealkylation sites (tertiary alicyclic amines) is 1. The Hall–Kier alpha value is -1.62. The highest BCUT2D eigenvalue weighted by atomic mass is 16.1. The van der Waals surface area contributed by atoms with Crippen molar-refractivity contribution in [1.29, 1.82) is 0 Å². The molecule has 0 radical (unpaired) electrons. The summed E-state index contributed by atoms with van der Waals surface area (Å²) in [5, 5.41) is 6.23. The van der Waals surface area contributed by atoms with Crippen molar-refractivity contribution < 1.29 is 4.79 Å². The summed E-state index contributed by atoms with van der Waals surface area (Å²) >= 11 is 0. The van der Waals surface area contributed by atoms with Gasteiger partial charge in [-0.15, -0.1) is 0 Å². The molecule has 1 saturated heterocycles. The minimum atomic E-state index is -0.0171. The summed E-state index contributed by atoms with van der Waals surface area (Å²) < 4.78 is 0. The number of anilines is 1. The first-order chi connectivity index (χ1) is 9.70. The van der Waals surface area contributed by atoms with E-state index in [0.29, 0.717) is 11.5 Å². The van der Waals surface area contributed by atoms with Gasteiger partial charge in [0.15, 0.2) is 0 Å². The third-order valence-electron chi connectivity index (χ3n) is 3.71. The summed E-state index contributed by atoms with van der Waals surface area (Å²) in [4.78, 5) is 18.7. The normalized spacial score (nSPS) is 19.6. The third-order valence-corrected chi connectivity index (χ3v) is 3.71. The molecular weight excluding hydrogens is 252 g/mol. The van der Waals surface area contributed by atoms with Crippen molar-refractivity contribution in [3.63, 3.8) is 0 Å². The van der Waals surface area contributed by atoms with Crippen LogP contribution in [0.5, 0.6) is 0 Å². The van der Waals surface area contributed by atoms with E-state index in [9.17, 15) is 4.79 Å². The molecule has 0 aliphatic carbocycles. The number of hydrogen-bond acceptors (Lipinski definition) is 4. The van der Waals surface area contributed by atoms with Crippen molar-refractivity contribution in [2.75, 3.05) is 38.5 Å². The van der Waals surface area contributed by atoms with Gasteiger partial charge < -0.3 is 15.5 Å². The molecule has 1 amide bonds. The Balaban J connectivity index is 1.91. The summed E-state index contributed by atoms with van der Waals surface area (Å²) in [7, 11) is 2.14. The lowest BCUT2D eigenvalue weighted by Crippen LogP contribution is -2.39. The summed E-state index contributed by atoms with van der Waals surface area (Å²) in [6, 6.07) is 1.76. The number of nitrogens with one attached hydrogen (secondary N) is 2. The maximum atomic E-state index is 12.3. The second kappa shape index (κ2) is 7.24. The third kappa shape index (κ3) is 3.93. The SMILES string of the molecule is CCNc1cnccc1C(=O)NCC1CCCN(C)C1. The van der Waals surface area contributed by atoms with Crippen molar-refractivity contribution >= 4 is 11.6 Å². The zero-order valence-electron chi connectivity index (χ0n) is 12.4. The molecule has 1 atom stereocenters. The number of hydrogen-bond donors (Lipinski definition) is 2. The average Bonchev–Trinajstić information content (AvgIpc) is 2.46. The summed E-state index contributed by atoms with van der Waals surface area (Å²) in [5.41, 5.74) is 1.47. The van der Waals surface area contributed by atoms with Crippen molar-refractivity contribution in [3.8, 4) is 0 Å². The molecule has 0 saturated carbocycles. The minimum Gasteiger partial charge on any atom is -0.383 e. The van der Waals surface area contributed by atoms with Gasteiger partial charge >= 0.3 is 0 Å².